The molecule has 0 saturated carbocycles. The molecular formula is C16H14O2S. The molecule has 0 fully saturated rings. The monoisotopic (exact) mass is 270 g/mol. The summed E-state index contributed by atoms with van der Waals surface area (Å²) in [7, 11) is 0. The number of fused-ring (bicyclic) bond motifs is 1. The summed E-state index contributed by atoms with van der Waals surface area (Å²) in [5.41, 5.74) is 2.26. The van der Waals surface area contributed by atoms with Gasteiger partial charge in [0.25, 0.3) is 0 Å². The molecule has 0 aliphatic carbocycles. The zero-order chi connectivity index (χ0) is 13.2. The van der Waals surface area contributed by atoms with E-state index < -0.39 is 0 Å². The molecule has 0 amide bonds. The maximum absolute atomic E-state index is 11.7. The molecule has 2 nitrogen and oxygen atoms in total. The number of hydrogen-bond acceptors (Lipinski definition) is 3. The highest BCUT2D eigenvalue weighted by Crippen LogP contribution is 2.38. The van der Waals surface area contributed by atoms with Crippen molar-refractivity contribution in [3.05, 3.63) is 59.7 Å². The van der Waals surface area contributed by atoms with Crippen molar-refractivity contribution in [3.8, 4) is 5.75 Å². The van der Waals surface area contributed by atoms with Crippen LogP contribution in [0.3, 0.4) is 0 Å². The first-order valence-electron chi connectivity index (χ1n) is 6.21. The van der Waals surface area contributed by atoms with Crippen molar-refractivity contribution < 1.29 is 9.53 Å². The first kappa shape index (κ1) is 12.3. The lowest BCUT2D eigenvalue weighted by Gasteiger charge is -2.24. The summed E-state index contributed by atoms with van der Waals surface area (Å²) in [6.07, 6.45) is 2.47. The van der Waals surface area contributed by atoms with Gasteiger partial charge in [0, 0.05) is 16.4 Å². The van der Waals surface area contributed by atoms with E-state index in [4.69, 9.17) is 4.74 Å². The van der Waals surface area contributed by atoms with Gasteiger partial charge in [0.2, 0.25) is 0 Å². The molecule has 0 bridgehead atoms. The van der Waals surface area contributed by atoms with E-state index in [0.717, 1.165) is 5.56 Å². The SMILES string of the molecule is CSc1ccc([C@H]2CC(=O)Oc3ccccc32)cc1. The van der Waals surface area contributed by atoms with Crippen molar-refractivity contribution in [2.45, 2.75) is 17.2 Å². The quantitative estimate of drug-likeness (QED) is 0.471. The number of rotatable bonds is 2. The van der Waals surface area contributed by atoms with Gasteiger partial charge < -0.3 is 4.74 Å². The molecule has 1 heterocycles. The molecule has 1 atom stereocenters. The molecule has 0 N–H and O–H groups in total. The third-order valence-electron chi connectivity index (χ3n) is 3.41. The van der Waals surface area contributed by atoms with Crippen LogP contribution >= 0.6 is 11.8 Å². The lowest BCUT2D eigenvalue weighted by Crippen LogP contribution is -2.20. The molecule has 1 aliphatic heterocycles. The van der Waals surface area contributed by atoms with Gasteiger partial charge in [0.15, 0.2) is 0 Å². The van der Waals surface area contributed by atoms with Crippen LogP contribution in [0.5, 0.6) is 5.75 Å². The molecule has 3 heteroatoms. The van der Waals surface area contributed by atoms with E-state index in [-0.39, 0.29) is 11.9 Å². The third kappa shape index (κ3) is 2.38. The molecule has 96 valence electrons. The van der Waals surface area contributed by atoms with Crippen LogP contribution in [-0.4, -0.2) is 12.2 Å². The van der Waals surface area contributed by atoms with E-state index in [1.165, 1.54) is 10.5 Å². The zero-order valence-corrected chi connectivity index (χ0v) is 11.4. The first-order valence-corrected chi connectivity index (χ1v) is 7.44. The van der Waals surface area contributed by atoms with Gasteiger partial charge in [-0.15, -0.1) is 11.8 Å². The second-order valence-electron chi connectivity index (χ2n) is 4.54. The molecular weight excluding hydrogens is 256 g/mol. The highest BCUT2D eigenvalue weighted by molar-refractivity contribution is 7.98. The van der Waals surface area contributed by atoms with Gasteiger partial charge in [-0.25, -0.2) is 0 Å². The normalized spacial score (nSPS) is 17.7. The number of carbonyl (C=O) groups is 1. The number of esters is 1. The third-order valence-corrected chi connectivity index (χ3v) is 4.15. The van der Waals surface area contributed by atoms with Crippen LogP contribution in [0, 0.1) is 0 Å². The van der Waals surface area contributed by atoms with Crippen molar-refractivity contribution in [3.63, 3.8) is 0 Å². The maximum atomic E-state index is 11.7. The molecule has 0 unspecified atom stereocenters. The minimum atomic E-state index is -0.155. The van der Waals surface area contributed by atoms with Gasteiger partial charge in [0.1, 0.15) is 5.75 Å². The molecule has 19 heavy (non-hydrogen) atoms. The summed E-state index contributed by atoms with van der Waals surface area (Å²) in [4.78, 5) is 12.9. The standard InChI is InChI=1S/C16H14O2S/c1-19-12-8-6-11(7-9-12)14-10-16(17)18-15-5-3-2-4-13(14)15/h2-9,14H,10H2,1H3/t14-/m1/s1. The predicted octanol–water partition coefficient (Wildman–Crippen LogP) is 3.85. The second-order valence-corrected chi connectivity index (χ2v) is 5.42. The van der Waals surface area contributed by atoms with Gasteiger partial charge >= 0.3 is 5.97 Å². The van der Waals surface area contributed by atoms with Crippen LogP contribution in [0.25, 0.3) is 0 Å². The van der Waals surface area contributed by atoms with Crippen molar-refractivity contribution in [1.82, 2.24) is 0 Å². The van der Waals surface area contributed by atoms with E-state index in [9.17, 15) is 4.79 Å². The fourth-order valence-corrected chi connectivity index (χ4v) is 2.84. The van der Waals surface area contributed by atoms with E-state index >= 15 is 0 Å². The number of ether oxygens (including phenoxy) is 1. The fourth-order valence-electron chi connectivity index (χ4n) is 2.44. The Morgan fingerprint density at radius 2 is 1.84 bits per heavy atom. The first-order chi connectivity index (χ1) is 9.28. The van der Waals surface area contributed by atoms with Crippen LogP contribution in [-0.2, 0) is 4.79 Å². The highest BCUT2D eigenvalue weighted by Gasteiger charge is 2.27. The maximum Gasteiger partial charge on any atom is 0.312 e. The summed E-state index contributed by atoms with van der Waals surface area (Å²) in [5, 5.41) is 0. The second kappa shape index (κ2) is 5.10. The molecule has 0 saturated heterocycles. The van der Waals surface area contributed by atoms with Crippen LogP contribution in [0.2, 0.25) is 0 Å². The topological polar surface area (TPSA) is 26.3 Å². The predicted molar refractivity (Wildman–Crippen MR) is 76.8 cm³/mol. The van der Waals surface area contributed by atoms with Crippen molar-refractivity contribution >= 4 is 17.7 Å². The van der Waals surface area contributed by atoms with Crippen LogP contribution < -0.4 is 4.74 Å². The van der Waals surface area contributed by atoms with Crippen LogP contribution in [0.4, 0.5) is 0 Å². The van der Waals surface area contributed by atoms with E-state index in [0.29, 0.717) is 12.2 Å². The Morgan fingerprint density at radius 3 is 2.58 bits per heavy atom. The molecule has 0 radical (unpaired) electrons. The number of hydrogen-bond donors (Lipinski definition) is 0. The number of thioether (sulfide) groups is 1. The Hall–Kier alpha value is -1.74. The summed E-state index contributed by atoms with van der Waals surface area (Å²) in [5.74, 6) is 0.642. The molecule has 0 aromatic heterocycles. The molecule has 1 aliphatic rings. The van der Waals surface area contributed by atoms with Gasteiger partial charge in [-0.2, -0.15) is 0 Å². The summed E-state index contributed by atoms with van der Waals surface area (Å²) >= 11 is 1.72. The average Bonchev–Trinajstić information content (AvgIpc) is 2.46. The van der Waals surface area contributed by atoms with E-state index in [2.05, 4.69) is 30.5 Å². The van der Waals surface area contributed by atoms with Gasteiger partial charge in [-0.1, -0.05) is 30.3 Å². The number of carbonyl (C=O) groups excluding carboxylic acids is 1. The lowest BCUT2D eigenvalue weighted by atomic mass is 9.86. The van der Waals surface area contributed by atoms with E-state index in [1.807, 2.05) is 24.3 Å². The molecule has 0 spiro atoms. The average molecular weight is 270 g/mol. The Bertz CT molecular complexity index is 604. The van der Waals surface area contributed by atoms with E-state index in [1.54, 1.807) is 11.8 Å². The number of benzene rings is 2. The fraction of sp³-hybridized carbons (Fsp3) is 0.188. The van der Waals surface area contributed by atoms with Gasteiger partial charge in [-0.3, -0.25) is 4.79 Å². The van der Waals surface area contributed by atoms with Crippen molar-refractivity contribution in [1.29, 1.82) is 0 Å². The zero-order valence-electron chi connectivity index (χ0n) is 10.6. The smallest absolute Gasteiger partial charge is 0.312 e. The highest BCUT2D eigenvalue weighted by atomic mass is 32.2. The molecule has 3 rings (SSSR count). The van der Waals surface area contributed by atoms with Crippen molar-refractivity contribution in [2.24, 2.45) is 0 Å². The van der Waals surface area contributed by atoms with Gasteiger partial charge in [0.05, 0.1) is 6.42 Å². The Labute approximate surface area is 116 Å². The lowest BCUT2D eigenvalue weighted by molar-refractivity contribution is -0.135. The minimum Gasteiger partial charge on any atom is -0.426 e. The summed E-state index contributed by atoms with van der Waals surface area (Å²) in [6, 6.07) is 16.2. The molecule has 2 aromatic rings. The Kier molecular flexibility index (Phi) is 3.30. The van der Waals surface area contributed by atoms with Crippen LogP contribution in [0.15, 0.2) is 53.4 Å². The Morgan fingerprint density at radius 1 is 1.11 bits per heavy atom. The summed E-state index contributed by atoms with van der Waals surface area (Å²) < 4.78 is 5.29. The van der Waals surface area contributed by atoms with Crippen LogP contribution in [0.1, 0.15) is 23.5 Å². The largest absolute Gasteiger partial charge is 0.426 e. The van der Waals surface area contributed by atoms with Crippen molar-refractivity contribution in [2.75, 3.05) is 6.26 Å². The molecule has 2 aromatic carbocycles. The Balaban J connectivity index is 2.02. The number of para-hydroxylation sites is 1. The minimum absolute atomic E-state index is 0.105. The summed E-state index contributed by atoms with van der Waals surface area (Å²) in [6.45, 7) is 0. The van der Waals surface area contributed by atoms with Gasteiger partial charge in [-0.05, 0) is 30.0 Å².